The Morgan fingerprint density at radius 3 is 2.39 bits per heavy atom. The summed E-state index contributed by atoms with van der Waals surface area (Å²) < 4.78 is 1.51. The van der Waals surface area contributed by atoms with Gasteiger partial charge in [0, 0.05) is 24.8 Å². The van der Waals surface area contributed by atoms with Crippen molar-refractivity contribution in [3.8, 4) is 0 Å². The van der Waals surface area contributed by atoms with Crippen molar-refractivity contribution in [2.24, 2.45) is 7.05 Å². The molecule has 3 rings (SSSR count). The van der Waals surface area contributed by atoms with Gasteiger partial charge >= 0.3 is 0 Å². The van der Waals surface area contributed by atoms with Gasteiger partial charge in [-0.05, 0) is 58.2 Å². The van der Waals surface area contributed by atoms with Crippen LogP contribution < -0.4 is 10.6 Å². The number of thioether (sulfide) groups is 1. The highest BCUT2D eigenvalue weighted by Crippen LogP contribution is 2.16. The second-order valence-corrected chi connectivity index (χ2v) is 8.34. The van der Waals surface area contributed by atoms with Crippen molar-refractivity contribution < 1.29 is 9.59 Å². The summed E-state index contributed by atoms with van der Waals surface area (Å²) in [6.45, 7) is 4.90. The molecule has 2 N–H and O–H groups in total. The summed E-state index contributed by atoms with van der Waals surface area (Å²) in [7, 11) is 1.71. The van der Waals surface area contributed by atoms with Crippen LogP contribution in [-0.2, 0) is 18.3 Å². The lowest BCUT2D eigenvalue weighted by Gasteiger charge is -2.09. The monoisotopic (exact) mass is 438 g/mol. The highest BCUT2D eigenvalue weighted by atomic mass is 32.2. The van der Waals surface area contributed by atoms with Gasteiger partial charge in [0.1, 0.15) is 0 Å². The molecule has 1 aromatic heterocycles. The molecule has 0 fully saturated rings. The van der Waals surface area contributed by atoms with Crippen LogP contribution in [0.1, 0.15) is 41.3 Å². The molecule has 0 bridgehead atoms. The molecule has 9 heteroatoms. The molecule has 31 heavy (non-hydrogen) atoms. The number of rotatable bonds is 9. The van der Waals surface area contributed by atoms with E-state index in [0.29, 0.717) is 28.9 Å². The number of carbonyl (C=O) groups is 2. The number of hydrogen-bond donors (Lipinski definition) is 2. The van der Waals surface area contributed by atoms with Gasteiger partial charge in [0.2, 0.25) is 11.1 Å². The molecule has 2 amide bonds. The zero-order valence-electron chi connectivity index (χ0n) is 17.8. The fourth-order valence-electron chi connectivity index (χ4n) is 2.87. The van der Waals surface area contributed by atoms with Crippen molar-refractivity contribution in [2.45, 2.75) is 31.3 Å². The van der Waals surface area contributed by atoms with Crippen molar-refractivity contribution in [3.63, 3.8) is 0 Å². The summed E-state index contributed by atoms with van der Waals surface area (Å²) in [6.07, 6.45) is 0.775. The molecule has 0 aliphatic carbocycles. The van der Waals surface area contributed by atoms with Gasteiger partial charge in [-0.25, -0.2) is 4.68 Å². The van der Waals surface area contributed by atoms with Crippen LogP contribution >= 0.6 is 11.8 Å². The Hall–Kier alpha value is -3.20. The maximum absolute atomic E-state index is 12.4. The second kappa shape index (κ2) is 10.7. The quantitative estimate of drug-likeness (QED) is 0.498. The Kier molecular flexibility index (Phi) is 7.77. The van der Waals surface area contributed by atoms with Gasteiger partial charge in [-0.2, -0.15) is 0 Å². The van der Waals surface area contributed by atoms with Gasteiger partial charge in [-0.3, -0.25) is 9.59 Å². The van der Waals surface area contributed by atoms with E-state index >= 15 is 0 Å². The molecule has 3 aromatic rings. The summed E-state index contributed by atoms with van der Waals surface area (Å²) in [5.41, 5.74) is 3.68. The number of tetrazole rings is 1. The molecule has 0 radical (unpaired) electrons. The fraction of sp³-hybridized carbons (Fsp3) is 0.318. The maximum Gasteiger partial charge on any atom is 0.251 e. The molecule has 2 aromatic carbocycles. The molecule has 0 saturated carbocycles. The second-order valence-electron chi connectivity index (χ2n) is 7.40. The molecule has 8 nitrogen and oxygen atoms in total. The average Bonchev–Trinajstić information content (AvgIpc) is 3.18. The Morgan fingerprint density at radius 2 is 1.77 bits per heavy atom. The summed E-state index contributed by atoms with van der Waals surface area (Å²) in [4.78, 5) is 24.4. The number of nitrogens with zero attached hydrogens (tertiary/aromatic N) is 4. The molecule has 0 saturated heterocycles. The number of amides is 2. The molecule has 0 unspecified atom stereocenters. The van der Waals surface area contributed by atoms with Gasteiger partial charge < -0.3 is 10.6 Å². The van der Waals surface area contributed by atoms with Crippen LogP contribution in [0.3, 0.4) is 0 Å². The van der Waals surface area contributed by atoms with E-state index in [-0.39, 0.29) is 17.6 Å². The number of aromatic nitrogens is 4. The van der Waals surface area contributed by atoms with E-state index < -0.39 is 0 Å². The first-order valence-electron chi connectivity index (χ1n) is 10.0. The predicted octanol–water partition coefficient (Wildman–Crippen LogP) is 3.04. The molecule has 1 heterocycles. The third-order valence-electron chi connectivity index (χ3n) is 4.69. The van der Waals surface area contributed by atoms with Crippen LogP contribution in [-0.4, -0.2) is 44.3 Å². The van der Waals surface area contributed by atoms with Crippen LogP contribution in [0, 0.1) is 0 Å². The van der Waals surface area contributed by atoms with E-state index in [9.17, 15) is 9.59 Å². The lowest BCUT2D eigenvalue weighted by molar-refractivity contribution is -0.113. The minimum Gasteiger partial charge on any atom is -0.352 e. The Labute approximate surface area is 185 Å². The van der Waals surface area contributed by atoms with Crippen molar-refractivity contribution in [1.29, 1.82) is 0 Å². The summed E-state index contributed by atoms with van der Waals surface area (Å²) >= 11 is 1.25. The highest BCUT2D eigenvalue weighted by Gasteiger charge is 2.09. The van der Waals surface area contributed by atoms with Gasteiger partial charge in [0.25, 0.3) is 5.91 Å². The number of anilines is 1. The van der Waals surface area contributed by atoms with Gasteiger partial charge in [0.05, 0.1) is 5.75 Å². The van der Waals surface area contributed by atoms with Crippen LogP contribution in [0.4, 0.5) is 5.69 Å². The number of hydrogen-bond acceptors (Lipinski definition) is 6. The van der Waals surface area contributed by atoms with Crippen LogP contribution in [0.25, 0.3) is 0 Å². The minimum atomic E-state index is -0.173. The minimum absolute atomic E-state index is 0.137. The number of nitrogens with one attached hydrogen (secondary N) is 2. The van der Waals surface area contributed by atoms with Crippen LogP contribution in [0.15, 0.2) is 53.7 Å². The normalized spacial score (nSPS) is 10.8. The number of benzene rings is 2. The lowest BCUT2D eigenvalue weighted by atomic mass is 10.0. The summed E-state index contributed by atoms with van der Waals surface area (Å²) in [6, 6.07) is 15.3. The Morgan fingerprint density at radius 1 is 1.06 bits per heavy atom. The van der Waals surface area contributed by atoms with E-state index in [2.05, 4.69) is 64.3 Å². The van der Waals surface area contributed by atoms with E-state index in [1.807, 2.05) is 0 Å². The van der Waals surface area contributed by atoms with E-state index in [4.69, 9.17) is 0 Å². The van der Waals surface area contributed by atoms with E-state index in [0.717, 1.165) is 6.42 Å². The van der Waals surface area contributed by atoms with Gasteiger partial charge in [-0.15, -0.1) is 5.10 Å². The van der Waals surface area contributed by atoms with Crippen molar-refractivity contribution in [3.05, 3.63) is 65.2 Å². The molecule has 0 atom stereocenters. The van der Waals surface area contributed by atoms with Crippen LogP contribution in [0.5, 0.6) is 0 Å². The lowest BCUT2D eigenvalue weighted by Crippen LogP contribution is -2.25. The SMILES string of the molecule is CC(C)c1ccc(CCNC(=O)c2ccc(NC(=O)CSc3nnnn3C)cc2)cc1. The summed E-state index contributed by atoms with van der Waals surface area (Å²) in [5, 5.41) is 17.4. The van der Waals surface area contributed by atoms with E-state index in [1.54, 1.807) is 31.3 Å². The highest BCUT2D eigenvalue weighted by molar-refractivity contribution is 7.99. The topological polar surface area (TPSA) is 102 Å². The molecule has 162 valence electrons. The first kappa shape index (κ1) is 22.5. The number of carbonyl (C=O) groups excluding carboxylic acids is 2. The Bertz CT molecular complexity index is 1020. The maximum atomic E-state index is 12.4. The first-order valence-corrected chi connectivity index (χ1v) is 11.0. The Balaban J connectivity index is 1.42. The molecule has 0 aliphatic rings. The molecular weight excluding hydrogens is 412 g/mol. The first-order chi connectivity index (χ1) is 14.9. The molecule has 0 spiro atoms. The summed E-state index contributed by atoms with van der Waals surface area (Å²) in [5.74, 6) is 0.389. The van der Waals surface area contributed by atoms with Crippen molar-refractivity contribution >= 4 is 29.3 Å². The largest absolute Gasteiger partial charge is 0.352 e. The fourth-order valence-corrected chi connectivity index (χ4v) is 3.52. The van der Waals surface area contributed by atoms with Gasteiger partial charge in [0.15, 0.2) is 0 Å². The smallest absolute Gasteiger partial charge is 0.251 e. The zero-order chi connectivity index (χ0) is 22.2. The third kappa shape index (κ3) is 6.65. The molecule has 0 aliphatic heterocycles. The van der Waals surface area contributed by atoms with E-state index in [1.165, 1.54) is 27.6 Å². The van der Waals surface area contributed by atoms with Gasteiger partial charge in [-0.1, -0.05) is 49.9 Å². The third-order valence-corrected chi connectivity index (χ3v) is 5.70. The van der Waals surface area contributed by atoms with Crippen LogP contribution in [0.2, 0.25) is 0 Å². The predicted molar refractivity (Wildman–Crippen MR) is 121 cm³/mol. The molecular formula is C22H26N6O2S. The number of aryl methyl sites for hydroxylation is 1. The zero-order valence-corrected chi connectivity index (χ0v) is 18.6. The van der Waals surface area contributed by atoms with Crippen molar-refractivity contribution in [1.82, 2.24) is 25.5 Å². The standard InChI is InChI=1S/C22H26N6O2S/c1-15(2)17-6-4-16(5-7-17)12-13-23-21(30)18-8-10-19(11-9-18)24-20(29)14-31-22-25-26-27-28(22)3/h4-11,15H,12-14H2,1-3H3,(H,23,30)(H,24,29). The average molecular weight is 439 g/mol. The van der Waals surface area contributed by atoms with Crippen molar-refractivity contribution in [2.75, 3.05) is 17.6 Å².